The predicted molar refractivity (Wildman–Crippen MR) is 110 cm³/mol. The number of carbonyl (C=O) groups is 2. The average Bonchev–Trinajstić information content (AvgIpc) is 3.03. The number of primary sulfonamides is 1. The first-order valence-electron chi connectivity index (χ1n) is 8.85. The van der Waals surface area contributed by atoms with Crippen molar-refractivity contribution in [3.05, 3.63) is 53.3 Å². The summed E-state index contributed by atoms with van der Waals surface area (Å²) in [5, 5.41) is 5.19. The molecule has 0 aliphatic rings. The Morgan fingerprint density at radius 3 is 2.57 bits per heavy atom. The topological polar surface area (TPSA) is 130 Å². The van der Waals surface area contributed by atoms with Crippen molar-refractivity contribution in [2.24, 2.45) is 10.1 Å². The maximum Gasteiger partial charge on any atom is 0.326 e. The van der Waals surface area contributed by atoms with Gasteiger partial charge in [-0.1, -0.05) is 29.5 Å². The zero-order chi connectivity index (χ0) is 21.7. The number of hydrogen-bond acceptors (Lipinski definition) is 7. The van der Waals surface area contributed by atoms with E-state index < -0.39 is 21.9 Å². The Morgan fingerprint density at radius 2 is 1.90 bits per heavy atom. The molecule has 0 aliphatic heterocycles. The minimum atomic E-state index is -3.90. The summed E-state index contributed by atoms with van der Waals surface area (Å²) in [6.45, 7) is 1.41. The molecule has 0 saturated heterocycles. The molecule has 1 amide bonds. The number of esters is 1. The van der Waals surface area contributed by atoms with Crippen LogP contribution in [0.5, 0.6) is 5.75 Å². The van der Waals surface area contributed by atoms with Gasteiger partial charge in [-0.05, 0) is 37.3 Å². The molecule has 1 heterocycles. The molecule has 0 atom stereocenters. The highest BCUT2D eigenvalue weighted by atomic mass is 32.2. The molecule has 1 aromatic heterocycles. The number of ether oxygens (including phenoxy) is 2. The molecule has 2 aromatic carbocycles. The lowest BCUT2D eigenvalue weighted by atomic mass is 10.3. The Labute approximate surface area is 176 Å². The summed E-state index contributed by atoms with van der Waals surface area (Å²) in [5.41, 5.74) is 0.524. The van der Waals surface area contributed by atoms with E-state index in [9.17, 15) is 18.0 Å². The fourth-order valence-corrected chi connectivity index (χ4v) is 4.31. The number of nitrogens with two attached hydrogens (primary N) is 1. The van der Waals surface area contributed by atoms with Crippen molar-refractivity contribution in [2.75, 3.05) is 13.2 Å². The number of para-hydroxylation sites is 1. The summed E-state index contributed by atoms with van der Waals surface area (Å²) in [4.78, 5) is 28.5. The van der Waals surface area contributed by atoms with E-state index in [-0.39, 0.29) is 29.5 Å². The normalized spacial score (nSPS) is 12.1. The summed E-state index contributed by atoms with van der Waals surface area (Å²) in [6, 6.07) is 13.0. The summed E-state index contributed by atoms with van der Waals surface area (Å²) < 4.78 is 35.7. The van der Waals surface area contributed by atoms with Crippen molar-refractivity contribution in [3.8, 4) is 5.75 Å². The first kappa shape index (κ1) is 21.7. The van der Waals surface area contributed by atoms with Gasteiger partial charge < -0.3 is 14.0 Å². The lowest BCUT2D eigenvalue weighted by Crippen LogP contribution is -2.24. The van der Waals surface area contributed by atoms with Crippen LogP contribution >= 0.6 is 11.3 Å². The van der Waals surface area contributed by atoms with E-state index in [1.165, 1.54) is 22.8 Å². The molecule has 0 unspecified atom stereocenters. The number of nitrogens with zero attached hydrogens (tertiary/aromatic N) is 2. The van der Waals surface area contributed by atoms with Gasteiger partial charge in [0.15, 0.2) is 11.4 Å². The summed E-state index contributed by atoms with van der Waals surface area (Å²) in [7, 11) is -3.90. The highest BCUT2D eigenvalue weighted by molar-refractivity contribution is 7.89. The van der Waals surface area contributed by atoms with E-state index in [1.807, 2.05) is 6.07 Å². The van der Waals surface area contributed by atoms with Crippen LogP contribution in [0.1, 0.15) is 6.92 Å². The highest BCUT2D eigenvalue weighted by Gasteiger charge is 2.15. The molecule has 0 spiro atoms. The van der Waals surface area contributed by atoms with Crippen molar-refractivity contribution >= 4 is 43.5 Å². The minimum Gasteiger partial charge on any atom is -0.484 e. The van der Waals surface area contributed by atoms with Crippen LogP contribution in [0.4, 0.5) is 0 Å². The van der Waals surface area contributed by atoms with Gasteiger partial charge in [-0.3, -0.25) is 9.59 Å². The fraction of sp³-hybridized carbons (Fsp3) is 0.211. The predicted octanol–water partition coefficient (Wildman–Crippen LogP) is 1.42. The zero-order valence-corrected chi connectivity index (χ0v) is 17.6. The lowest BCUT2D eigenvalue weighted by Gasteiger charge is -2.06. The largest absolute Gasteiger partial charge is 0.484 e. The second-order valence-corrected chi connectivity index (χ2v) is 8.63. The monoisotopic (exact) mass is 449 g/mol. The van der Waals surface area contributed by atoms with Gasteiger partial charge in [0.05, 0.1) is 21.7 Å². The Bertz CT molecular complexity index is 1250. The summed E-state index contributed by atoms with van der Waals surface area (Å²) in [6.07, 6.45) is 0. The van der Waals surface area contributed by atoms with Gasteiger partial charge in [0, 0.05) is 0 Å². The SMILES string of the molecule is CCOC(=O)Cn1c(=NC(=O)COc2ccccc2)sc2cc(S(N)(=O)=O)ccc21. The second-order valence-electron chi connectivity index (χ2n) is 6.06. The second kappa shape index (κ2) is 9.20. The molecule has 2 N–H and O–H groups in total. The summed E-state index contributed by atoms with van der Waals surface area (Å²) in [5.74, 6) is -0.550. The molecule has 0 fully saturated rings. The van der Waals surface area contributed by atoms with Crippen molar-refractivity contribution in [1.82, 2.24) is 4.57 Å². The number of fused-ring (bicyclic) bond motifs is 1. The van der Waals surface area contributed by atoms with Crippen LogP contribution in [0.2, 0.25) is 0 Å². The van der Waals surface area contributed by atoms with Crippen molar-refractivity contribution in [3.63, 3.8) is 0 Å². The van der Waals surface area contributed by atoms with Crippen LogP contribution in [-0.4, -0.2) is 38.1 Å². The zero-order valence-electron chi connectivity index (χ0n) is 16.0. The third-order valence-corrected chi connectivity index (χ3v) is 5.85. The third kappa shape index (κ3) is 5.32. The Kier molecular flexibility index (Phi) is 6.65. The molecule has 0 aliphatic carbocycles. The van der Waals surface area contributed by atoms with E-state index in [1.54, 1.807) is 31.2 Å². The third-order valence-electron chi connectivity index (χ3n) is 3.90. The van der Waals surface area contributed by atoms with Crippen LogP contribution in [-0.2, 0) is 30.9 Å². The van der Waals surface area contributed by atoms with E-state index in [0.717, 1.165) is 11.3 Å². The van der Waals surface area contributed by atoms with E-state index in [4.69, 9.17) is 14.6 Å². The number of sulfonamides is 1. The molecule has 9 nitrogen and oxygen atoms in total. The first-order chi connectivity index (χ1) is 14.3. The van der Waals surface area contributed by atoms with E-state index >= 15 is 0 Å². The number of rotatable bonds is 7. The molecule has 0 radical (unpaired) electrons. The van der Waals surface area contributed by atoms with Crippen LogP contribution in [0.3, 0.4) is 0 Å². The molecule has 11 heteroatoms. The number of carbonyl (C=O) groups excluding carboxylic acids is 2. The molecule has 0 saturated carbocycles. The fourth-order valence-electron chi connectivity index (χ4n) is 2.61. The number of benzene rings is 2. The van der Waals surface area contributed by atoms with Crippen LogP contribution < -0.4 is 14.7 Å². The van der Waals surface area contributed by atoms with Gasteiger partial charge in [-0.25, -0.2) is 13.6 Å². The lowest BCUT2D eigenvalue weighted by molar-refractivity contribution is -0.143. The number of hydrogen-bond donors (Lipinski definition) is 1. The highest BCUT2D eigenvalue weighted by Crippen LogP contribution is 2.21. The summed E-state index contributed by atoms with van der Waals surface area (Å²) >= 11 is 1.06. The van der Waals surface area contributed by atoms with Gasteiger partial charge in [0.25, 0.3) is 5.91 Å². The maximum absolute atomic E-state index is 12.3. The van der Waals surface area contributed by atoms with Crippen molar-refractivity contribution < 1.29 is 27.5 Å². The minimum absolute atomic E-state index is 0.0789. The Balaban J connectivity index is 1.98. The smallest absolute Gasteiger partial charge is 0.326 e. The number of aromatic nitrogens is 1. The number of thiazole rings is 1. The van der Waals surface area contributed by atoms with Gasteiger partial charge >= 0.3 is 5.97 Å². The molecular weight excluding hydrogens is 430 g/mol. The van der Waals surface area contributed by atoms with Crippen LogP contribution in [0.25, 0.3) is 10.2 Å². The van der Waals surface area contributed by atoms with E-state index in [0.29, 0.717) is 16.0 Å². The van der Waals surface area contributed by atoms with Gasteiger partial charge in [0.1, 0.15) is 12.3 Å². The van der Waals surface area contributed by atoms with Gasteiger partial charge in [-0.2, -0.15) is 4.99 Å². The standard InChI is InChI=1S/C19H19N3O6S2/c1-2-27-18(24)11-22-15-9-8-14(30(20,25)26)10-16(15)29-19(22)21-17(23)12-28-13-6-4-3-5-7-13/h3-10H,2,11-12H2,1H3,(H2,20,25,26). The first-order valence-corrected chi connectivity index (χ1v) is 11.2. The maximum atomic E-state index is 12.3. The molecule has 0 bridgehead atoms. The average molecular weight is 450 g/mol. The molecular formula is C19H19N3O6S2. The molecule has 3 rings (SSSR count). The van der Waals surface area contributed by atoms with Crippen molar-refractivity contribution in [2.45, 2.75) is 18.4 Å². The van der Waals surface area contributed by atoms with E-state index in [2.05, 4.69) is 4.99 Å². The van der Waals surface area contributed by atoms with Crippen LogP contribution in [0, 0.1) is 0 Å². The Hall–Kier alpha value is -3.02. The Morgan fingerprint density at radius 1 is 1.17 bits per heavy atom. The quantitative estimate of drug-likeness (QED) is 0.543. The van der Waals surface area contributed by atoms with Crippen molar-refractivity contribution in [1.29, 1.82) is 0 Å². The number of amides is 1. The van der Waals surface area contributed by atoms with Gasteiger partial charge in [-0.15, -0.1) is 0 Å². The van der Waals surface area contributed by atoms with Crippen LogP contribution in [0.15, 0.2) is 58.4 Å². The van der Waals surface area contributed by atoms with Gasteiger partial charge in [0.2, 0.25) is 10.0 Å². The molecule has 3 aromatic rings. The molecule has 30 heavy (non-hydrogen) atoms. The molecule has 158 valence electrons.